The zero-order chi connectivity index (χ0) is 16.6. The number of fused-ring (bicyclic) bond motifs is 1. The first-order valence-corrected chi connectivity index (χ1v) is 7.98. The summed E-state index contributed by atoms with van der Waals surface area (Å²) >= 11 is 7.22. The molecule has 0 unspecified atom stereocenters. The van der Waals surface area contributed by atoms with Gasteiger partial charge in [0.1, 0.15) is 5.82 Å². The van der Waals surface area contributed by atoms with E-state index in [1.54, 1.807) is 43.3 Å². The van der Waals surface area contributed by atoms with Crippen LogP contribution < -0.4 is 10.2 Å². The summed E-state index contributed by atoms with van der Waals surface area (Å²) in [6.45, 7) is 0. The number of carbonyl (C=O) groups excluding carboxylic acids is 1. The smallest absolute Gasteiger partial charge is 0.260 e. The third kappa shape index (κ3) is 3.28. The summed E-state index contributed by atoms with van der Waals surface area (Å²) in [6.07, 6.45) is 0. The predicted molar refractivity (Wildman–Crippen MR) is 93.3 cm³/mol. The van der Waals surface area contributed by atoms with Gasteiger partial charge in [-0.05, 0) is 36.4 Å². The first kappa shape index (κ1) is 15.7. The van der Waals surface area contributed by atoms with E-state index in [2.05, 4.69) is 10.3 Å². The van der Waals surface area contributed by atoms with Crippen molar-refractivity contribution in [2.24, 2.45) is 0 Å². The highest BCUT2D eigenvalue weighted by Gasteiger charge is 2.15. The molecule has 1 amide bonds. The van der Waals surface area contributed by atoms with Crippen LogP contribution in [0.3, 0.4) is 0 Å². The molecule has 0 radical (unpaired) electrons. The fourth-order valence-electron chi connectivity index (χ4n) is 2.08. The lowest BCUT2D eigenvalue weighted by Crippen LogP contribution is -2.15. The highest BCUT2D eigenvalue weighted by atomic mass is 35.5. The van der Waals surface area contributed by atoms with Crippen molar-refractivity contribution in [2.45, 2.75) is 0 Å². The molecule has 0 spiro atoms. The van der Waals surface area contributed by atoms with E-state index in [9.17, 15) is 9.18 Å². The minimum atomic E-state index is -0.571. The molecule has 3 aromatic rings. The summed E-state index contributed by atoms with van der Waals surface area (Å²) in [5.74, 6) is -1.10. The molecular weight excluding hydrogens is 337 g/mol. The number of nitrogens with zero attached hydrogens (tertiary/aromatic N) is 2. The topological polar surface area (TPSA) is 45.2 Å². The molecule has 2 aromatic carbocycles. The second kappa shape index (κ2) is 6.14. The number of thiazole rings is 1. The van der Waals surface area contributed by atoms with Crippen LogP contribution >= 0.6 is 22.9 Å². The van der Waals surface area contributed by atoms with E-state index < -0.39 is 11.7 Å². The Labute approximate surface area is 141 Å². The molecule has 0 aliphatic carbocycles. The molecular formula is C16H13ClFN3OS. The minimum absolute atomic E-state index is 0.0205. The van der Waals surface area contributed by atoms with Gasteiger partial charge in [0, 0.05) is 24.8 Å². The van der Waals surface area contributed by atoms with Crippen molar-refractivity contribution in [1.82, 2.24) is 4.98 Å². The van der Waals surface area contributed by atoms with Crippen LogP contribution in [0.1, 0.15) is 10.4 Å². The number of benzene rings is 2. The molecule has 1 N–H and O–H groups in total. The molecule has 4 nitrogen and oxygen atoms in total. The number of carbonyl (C=O) groups is 1. The van der Waals surface area contributed by atoms with Gasteiger partial charge in [0.15, 0.2) is 5.13 Å². The lowest BCUT2D eigenvalue weighted by atomic mass is 10.1. The highest BCUT2D eigenvalue weighted by molar-refractivity contribution is 7.22. The van der Waals surface area contributed by atoms with Gasteiger partial charge in [-0.2, -0.15) is 0 Å². The Morgan fingerprint density at radius 2 is 2.04 bits per heavy atom. The number of nitrogens with one attached hydrogen (secondary N) is 1. The lowest BCUT2D eigenvalue weighted by molar-refractivity contribution is 0.102. The van der Waals surface area contributed by atoms with Gasteiger partial charge in [0.05, 0.1) is 15.8 Å². The van der Waals surface area contributed by atoms with E-state index >= 15 is 0 Å². The minimum Gasteiger partial charge on any atom is -0.378 e. The Morgan fingerprint density at radius 3 is 2.74 bits per heavy atom. The van der Waals surface area contributed by atoms with Crippen molar-refractivity contribution in [3.63, 3.8) is 0 Å². The number of hydrogen-bond acceptors (Lipinski definition) is 4. The fourth-order valence-corrected chi connectivity index (χ4v) is 3.22. The maximum absolute atomic E-state index is 14.1. The van der Waals surface area contributed by atoms with Gasteiger partial charge in [-0.1, -0.05) is 22.9 Å². The zero-order valence-electron chi connectivity index (χ0n) is 12.4. The van der Waals surface area contributed by atoms with Crippen molar-refractivity contribution < 1.29 is 9.18 Å². The van der Waals surface area contributed by atoms with E-state index in [1.807, 2.05) is 0 Å². The van der Waals surface area contributed by atoms with Crippen molar-refractivity contribution in [3.05, 3.63) is 52.8 Å². The van der Waals surface area contributed by atoms with Crippen LogP contribution in [-0.4, -0.2) is 25.0 Å². The van der Waals surface area contributed by atoms with E-state index in [-0.39, 0.29) is 5.56 Å². The van der Waals surface area contributed by atoms with Crippen molar-refractivity contribution >= 4 is 49.9 Å². The van der Waals surface area contributed by atoms with Crippen LogP contribution in [0.4, 0.5) is 15.2 Å². The average molecular weight is 350 g/mol. The third-order valence-corrected chi connectivity index (χ3v) is 4.45. The van der Waals surface area contributed by atoms with E-state index in [1.165, 1.54) is 23.5 Å². The van der Waals surface area contributed by atoms with Gasteiger partial charge in [-0.25, -0.2) is 9.37 Å². The Morgan fingerprint density at radius 1 is 1.26 bits per heavy atom. The van der Waals surface area contributed by atoms with E-state index in [4.69, 9.17) is 11.6 Å². The quantitative estimate of drug-likeness (QED) is 0.762. The molecule has 118 valence electrons. The molecule has 0 aliphatic rings. The van der Waals surface area contributed by atoms with Gasteiger partial charge in [-0.15, -0.1) is 0 Å². The van der Waals surface area contributed by atoms with Gasteiger partial charge >= 0.3 is 0 Å². The lowest BCUT2D eigenvalue weighted by Gasteiger charge is -2.13. The molecule has 0 fully saturated rings. The highest BCUT2D eigenvalue weighted by Crippen LogP contribution is 2.28. The third-order valence-electron chi connectivity index (χ3n) is 3.28. The Balaban J connectivity index is 1.85. The standard InChI is InChI=1S/C16H13ClFN3OS/c1-21(2)10-4-5-11(12(18)8-10)15(22)20-16-19-13-6-3-9(17)7-14(13)23-16/h3-8H,1-2H3,(H,19,20,22). The zero-order valence-corrected chi connectivity index (χ0v) is 14.0. The second-order valence-electron chi connectivity index (χ2n) is 5.14. The average Bonchev–Trinajstić information content (AvgIpc) is 2.88. The molecule has 0 atom stereocenters. The van der Waals surface area contributed by atoms with Crippen molar-refractivity contribution in [2.75, 3.05) is 24.3 Å². The monoisotopic (exact) mass is 349 g/mol. The Bertz CT molecular complexity index is 894. The van der Waals surface area contributed by atoms with Gasteiger partial charge in [-0.3, -0.25) is 10.1 Å². The molecule has 0 saturated heterocycles. The number of rotatable bonds is 3. The van der Waals surface area contributed by atoms with Gasteiger partial charge < -0.3 is 4.90 Å². The summed E-state index contributed by atoms with van der Waals surface area (Å²) in [5, 5.41) is 3.64. The molecule has 0 saturated carbocycles. The first-order chi connectivity index (χ1) is 10.9. The van der Waals surface area contributed by atoms with Crippen LogP contribution in [0.5, 0.6) is 0 Å². The van der Waals surface area contributed by atoms with Crippen molar-refractivity contribution in [3.8, 4) is 0 Å². The van der Waals surface area contributed by atoms with E-state index in [0.717, 1.165) is 10.2 Å². The van der Waals surface area contributed by atoms with Crippen LogP contribution in [-0.2, 0) is 0 Å². The Hall–Kier alpha value is -2.18. The maximum Gasteiger partial charge on any atom is 0.260 e. The molecule has 1 heterocycles. The van der Waals surface area contributed by atoms with Gasteiger partial charge in [0.2, 0.25) is 0 Å². The van der Waals surface area contributed by atoms with Crippen LogP contribution in [0.25, 0.3) is 10.2 Å². The maximum atomic E-state index is 14.1. The molecule has 7 heteroatoms. The molecule has 23 heavy (non-hydrogen) atoms. The molecule has 3 rings (SSSR count). The fraction of sp³-hybridized carbons (Fsp3) is 0.125. The molecule has 1 aromatic heterocycles. The Kier molecular flexibility index (Phi) is 4.19. The predicted octanol–water partition coefficient (Wildman–Crippen LogP) is 4.41. The number of halogens is 2. The molecule has 0 aliphatic heterocycles. The van der Waals surface area contributed by atoms with E-state index in [0.29, 0.717) is 15.8 Å². The van der Waals surface area contributed by atoms with Crippen LogP contribution in [0.2, 0.25) is 5.02 Å². The normalized spacial score (nSPS) is 10.8. The largest absolute Gasteiger partial charge is 0.378 e. The number of hydrogen-bond donors (Lipinski definition) is 1. The number of aromatic nitrogens is 1. The first-order valence-electron chi connectivity index (χ1n) is 6.78. The van der Waals surface area contributed by atoms with Crippen LogP contribution in [0.15, 0.2) is 36.4 Å². The summed E-state index contributed by atoms with van der Waals surface area (Å²) in [7, 11) is 3.61. The van der Waals surface area contributed by atoms with Gasteiger partial charge in [0.25, 0.3) is 5.91 Å². The summed E-state index contributed by atoms with van der Waals surface area (Å²) in [4.78, 5) is 18.3. The number of anilines is 2. The summed E-state index contributed by atoms with van der Waals surface area (Å²) in [5.41, 5.74) is 1.40. The molecule has 0 bridgehead atoms. The number of amides is 1. The van der Waals surface area contributed by atoms with Crippen molar-refractivity contribution in [1.29, 1.82) is 0 Å². The summed E-state index contributed by atoms with van der Waals surface area (Å²) < 4.78 is 15.0. The summed E-state index contributed by atoms with van der Waals surface area (Å²) in [6, 6.07) is 9.76. The SMILES string of the molecule is CN(C)c1ccc(C(=O)Nc2nc3ccc(Cl)cc3s2)c(F)c1. The second-order valence-corrected chi connectivity index (χ2v) is 6.61. The van der Waals surface area contributed by atoms with Crippen LogP contribution in [0, 0.1) is 5.82 Å².